The molecule has 1 aliphatic heterocycles. The van der Waals surface area contributed by atoms with Gasteiger partial charge in [-0.1, -0.05) is 39.8 Å². The van der Waals surface area contributed by atoms with Crippen LogP contribution in [0.1, 0.15) is 44.5 Å². The normalized spacial score (nSPS) is 20.9. The molecule has 0 radical (unpaired) electrons. The van der Waals surface area contributed by atoms with Crippen molar-refractivity contribution in [3.05, 3.63) is 29.8 Å². The van der Waals surface area contributed by atoms with E-state index < -0.39 is 17.3 Å². The SMILES string of the molecule is CC1CC(C(=O)O)CN(C(=O)c2ccccc2NC(=O)C(C)(C)C)C1. The lowest BCUT2D eigenvalue weighted by Crippen LogP contribution is -2.45. The molecule has 1 heterocycles. The highest BCUT2D eigenvalue weighted by atomic mass is 16.4. The summed E-state index contributed by atoms with van der Waals surface area (Å²) in [5, 5.41) is 12.1. The van der Waals surface area contributed by atoms with Crippen molar-refractivity contribution in [2.24, 2.45) is 17.3 Å². The van der Waals surface area contributed by atoms with Gasteiger partial charge in [0.1, 0.15) is 0 Å². The molecule has 2 rings (SSSR count). The quantitative estimate of drug-likeness (QED) is 0.881. The lowest BCUT2D eigenvalue weighted by atomic mass is 9.90. The predicted molar refractivity (Wildman–Crippen MR) is 95.3 cm³/mol. The Bertz CT molecular complexity index is 678. The smallest absolute Gasteiger partial charge is 0.308 e. The van der Waals surface area contributed by atoms with Crippen molar-refractivity contribution in [1.29, 1.82) is 0 Å². The average Bonchev–Trinajstić information content (AvgIpc) is 2.53. The summed E-state index contributed by atoms with van der Waals surface area (Å²) < 4.78 is 0. The van der Waals surface area contributed by atoms with Gasteiger partial charge < -0.3 is 15.3 Å². The number of carbonyl (C=O) groups excluding carboxylic acids is 2. The molecule has 1 aliphatic rings. The summed E-state index contributed by atoms with van der Waals surface area (Å²) in [5.74, 6) is -1.73. The zero-order valence-electron chi connectivity index (χ0n) is 15.2. The number of para-hydroxylation sites is 1. The molecule has 0 bridgehead atoms. The van der Waals surface area contributed by atoms with Gasteiger partial charge in [-0.3, -0.25) is 14.4 Å². The van der Waals surface area contributed by atoms with Crippen LogP contribution < -0.4 is 5.32 Å². The monoisotopic (exact) mass is 346 g/mol. The van der Waals surface area contributed by atoms with E-state index in [0.29, 0.717) is 24.2 Å². The number of amides is 2. The number of aliphatic carboxylic acids is 1. The van der Waals surface area contributed by atoms with Gasteiger partial charge in [-0.15, -0.1) is 0 Å². The third-order valence-corrected chi connectivity index (χ3v) is 4.38. The van der Waals surface area contributed by atoms with Crippen LogP contribution in [0.2, 0.25) is 0 Å². The highest BCUT2D eigenvalue weighted by Crippen LogP contribution is 2.26. The maximum atomic E-state index is 12.9. The number of piperidine rings is 1. The lowest BCUT2D eigenvalue weighted by Gasteiger charge is -2.35. The van der Waals surface area contributed by atoms with Crippen LogP contribution >= 0.6 is 0 Å². The van der Waals surface area contributed by atoms with E-state index in [1.807, 2.05) is 6.92 Å². The Morgan fingerprint density at radius 3 is 2.40 bits per heavy atom. The molecular formula is C19H26N2O4. The van der Waals surface area contributed by atoms with Gasteiger partial charge in [0.05, 0.1) is 17.2 Å². The Balaban J connectivity index is 2.24. The summed E-state index contributed by atoms with van der Waals surface area (Å²) in [6, 6.07) is 6.85. The fraction of sp³-hybridized carbons (Fsp3) is 0.526. The first-order valence-electron chi connectivity index (χ1n) is 8.52. The van der Waals surface area contributed by atoms with Gasteiger partial charge in [-0.25, -0.2) is 0 Å². The molecule has 6 nitrogen and oxygen atoms in total. The Morgan fingerprint density at radius 1 is 1.16 bits per heavy atom. The number of carboxylic acids is 1. The fourth-order valence-electron chi connectivity index (χ4n) is 2.96. The lowest BCUT2D eigenvalue weighted by molar-refractivity contribution is -0.143. The zero-order chi connectivity index (χ0) is 18.8. The molecule has 0 spiro atoms. The molecule has 0 aliphatic carbocycles. The van der Waals surface area contributed by atoms with Crippen LogP contribution in [-0.2, 0) is 9.59 Å². The number of hydrogen-bond acceptors (Lipinski definition) is 3. The molecule has 1 fully saturated rings. The summed E-state index contributed by atoms with van der Waals surface area (Å²) in [5.41, 5.74) is 0.264. The van der Waals surface area contributed by atoms with E-state index in [2.05, 4.69) is 5.32 Å². The molecular weight excluding hydrogens is 320 g/mol. The average molecular weight is 346 g/mol. The Labute approximate surface area is 148 Å². The van der Waals surface area contributed by atoms with E-state index >= 15 is 0 Å². The number of benzene rings is 1. The second-order valence-electron chi connectivity index (χ2n) is 7.84. The van der Waals surface area contributed by atoms with Crippen molar-refractivity contribution in [3.8, 4) is 0 Å². The number of hydrogen-bond donors (Lipinski definition) is 2. The van der Waals surface area contributed by atoms with Crippen molar-refractivity contribution in [2.75, 3.05) is 18.4 Å². The molecule has 2 amide bonds. The van der Waals surface area contributed by atoms with Crippen LogP contribution in [0.3, 0.4) is 0 Å². The summed E-state index contributed by atoms with van der Waals surface area (Å²) in [6.45, 7) is 8.07. The molecule has 2 atom stereocenters. The number of carboxylic acid groups (broad SMARTS) is 1. The van der Waals surface area contributed by atoms with Crippen LogP contribution in [0.15, 0.2) is 24.3 Å². The van der Waals surface area contributed by atoms with Gasteiger partial charge in [-0.05, 0) is 24.5 Å². The minimum absolute atomic E-state index is 0.120. The van der Waals surface area contributed by atoms with Gasteiger partial charge in [0, 0.05) is 18.5 Å². The van der Waals surface area contributed by atoms with E-state index in [1.165, 1.54) is 0 Å². The maximum Gasteiger partial charge on any atom is 0.308 e. The van der Waals surface area contributed by atoms with Crippen LogP contribution in [0.25, 0.3) is 0 Å². The second kappa shape index (κ2) is 7.25. The molecule has 2 N–H and O–H groups in total. The van der Waals surface area contributed by atoms with Crippen molar-refractivity contribution >= 4 is 23.5 Å². The van der Waals surface area contributed by atoms with Crippen LogP contribution in [0.5, 0.6) is 0 Å². The molecule has 1 aromatic carbocycles. The maximum absolute atomic E-state index is 12.9. The topological polar surface area (TPSA) is 86.7 Å². The van der Waals surface area contributed by atoms with Crippen LogP contribution in [0.4, 0.5) is 5.69 Å². The minimum atomic E-state index is -0.876. The van der Waals surface area contributed by atoms with E-state index in [0.717, 1.165) is 0 Å². The third kappa shape index (κ3) is 4.59. The Kier molecular flexibility index (Phi) is 5.50. The molecule has 1 saturated heterocycles. The molecule has 2 unspecified atom stereocenters. The van der Waals surface area contributed by atoms with Crippen molar-refractivity contribution in [1.82, 2.24) is 4.90 Å². The number of anilines is 1. The zero-order valence-corrected chi connectivity index (χ0v) is 15.2. The highest BCUT2D eigenvalue weighted by molar-refractivity contribution is 6.04. The Morgan fingerprint density at radius 2 is 1.80 bits per heavy atom. The van der Waals surface area contributed by atoms with Crippen molar-refractivity contribution in [2.45, 2.75) is 34.1 Å². The number of nitrogens with zero attached hydrogens (tertiary/aromatic N) is 1. The molecule has 0 aromatic heterocycles. The molecule has 0 saturated carbocycles. The first-order chi connectivity index (χ1) is 11.6. The van der Waals surface area contributed by atoms with Gasteiger partial charge in [0.2, 0.25) is 5.91 Å². The largest absolute Gasteiger partial charge is 0.481 e. The molecule has 6 heteroatoms. The number of nitrogens with one attached hydrogen (secondary N) is 1. The molecule has 25 heavy (non-hydrogen) atoms. The number of likely N-dealkylation sites (tertiary alicyclic amines) is 1. The van der Waals surface area contributed by atoms with E-state index in [4.69, 9.17) is 0 Å². The summed E-state index contributed by atoms with van der Waals surface area (Å²) in [7, 11) is 0. The first-order valence-corrected chi connectivity index (χ1v) is 8.52. The summed E-state index contributed by atoms with van der Waals surface area (Å²) >= 11 is 0. The van der Waals surface area contributed by atoms with E-state index in [9.17, 15) is 19.5 Å². The summed E-state index contributed by atoms with van der Waals surface area (Å²) in [6.07, 6.45) is 0.571. The second-order valence-corrected chi connectivity index (χ2v) is 7.84. The standard InChI is InChI=1S/C19H26N2O4/c1-12-9-13(17(23)24)11-21(10-12)16(22)14-7-5-6-8-15(14)20-18(25)19(2,3)4/h5-8,12-13H,9-11H2,1-4H3,(H,20,25)(H,23,24). The van der Waals surface area contributed by atoms with Crippen molar-refractivity contribution in [3.63, 3.8) is 0 Å². The van der Waals surface area contributed by atoms with Gasteiger partial charge in [0.25, 0.3) is 5.91 Å². The van der Waals surface area contributed by atoms with Crippen LogP contribution in [-0.4, -0.2) is 40.9 Å². The predicted octanol–water partition coefficient (Wildman–Crippen LogP) is 2.85. The number of carbonyl (C=O) groups is 3. The highest BCUT2D eigenvalue weighted by Gasteiger charge is 2.33. The molecule has 1 aromatic rings. The summed E-state index contributed by atoms with van der Waals surface area (Å²) in [4.78, 5) is 38.1. The fourth-order valence-corrected chi connectivity index (χ4v) is 2.96. The first kappa shape index (κ1) is 19.0. The Hall–Kier alpha value is -2.37. The van der Waals surface area contributed by atoms with Crippen LogP contribution in [0, 0.1) is 17.3 Å². The van der Waals surface area contributed by atoms with Gasteiger partial charge in [0.15, 0.2) is 0 Å². The van der Waals surface area contributed by atoms with Gasteiger partial charge >= 0.3 is 5.97 Å². The van der Waals surface area contributed by atoms with E-state index in [1.54, 1.807) is 49.9 Å². The van der Waals surface area contributed by atoms with Gasteiger partial charge in [-0.2, -0.15) is 0 Å². The third-order valence-electron chi connectivity index (χ3n) is 4.38. The minimum Gasteiger partial charge on any atom is -0.481 e. The van der Waals surface area contributed by atoms with Crippen molar-refractivity contribution < 1.29 is 19.5 Å². The van der Waals surface area contributed by atoms with E-state index in [-0.39, 0.29) is 24.3 Å². The molecule has 136 valence electrons. The number of rotatable bonds is 3.